The Labute approximate surface area is 140 Å². The SMILES string of the molecule is CCC(=O)c1cc(Cl)ccc1OCC(=O)NC(=O)N[C@@H](C)CC. The molecule has 126 valence electrons. The van der Waals surface area contributed by atoms with E-state index in [1.807, 2.05) is 13.8 Å². The molecular weight excluding hydrogens is 320 g/mol. The van der Waals surface area contributed by atoms with Crippen molar-refractivity contribution in [3.8, 4) is 5.75 Å². The lowest BCUT2D eigenvalue weighted by atomic mass is 10.1. The molecule has 7 heteroatoms. The molecule has 0 fully saturated rings. The highest BCUT2D eigenvalue weighted by Gasteiger charge is 2.14. The molecule has 1 rings (SSSR count). The van der Waals surface area contributed by atoms with Crippen LogP contribution in [0.5, 0.6) is 5.75 Å². The Hall–Kier alpha value is -2.08. The van der Waals surface area contributed by atoms with Gasteiger partial charge in [-0.15, -0.1) is 0 Å². The molecule has 2 N–H and O–H groups in total. The topological polar surface area (TPSA) is 84.5 Å². The number of hydrogen-bond donors (Lipinski definition) is 2. The van der Waals surface area contributed by atoms with E-state index in [1.54, 1.807) is 13.0 Å². The highest BCUT2D eigenvalue weighted by atomic mass is 35.5. The van der Waals surface area contributed by atoms with Crippen LogP contribution in [0.4, 0.5) is 4.79 Å². The molecule has 23 heavy (non-hydrogen) atoms. The molecule has 0 aliphatic heterocycles. The largest absolute Gasteiger partial charge is 0.483 e. The van der Waals surface area contributed by atoms with Crippen molar-refractivity contribution in [3.63, 3.8) is 0 Å². The van der Waals surface area contributed by atoms with Crippen LogP contribution in [-0.2, 0) is 4.79 Å². The van der Waals surface area contributed by atoms with Gasteiger partial charge in [0.1, 0.15) is 5.75 Å². The zero-order chi connectivity index (χ0) is 17.4. The van der Waals surface area contributed by atoms with E-state index in [-0.39, 0.29) is 24.2 Å². The van der Waals surface area contributed by atoms with Crippen molar-refractivity contribution < 1.29 is 19.1 Å². The van der Waals surface area contributed by atoms with Crippen molar-refractivity contribution in [2.45, 2.75) is 39.7 Å². The number of ketones is 1. The predicted molar refractivity (Wildman–Crippen MR) is 88.0 cm³/mol. The fourth-order valence-corrected chi connectivity index (χ4v) is 1.88. The lowest BCUT2D eigenvalue weighted by molar-refractivity contribution is -0.122. The van der Waals surface area contributed by atoms with Crippen molar-refractivity contribution in [1.29, 1.82) is 0 Å². The minimum atomic E-state index is -0.601. The van der Waals surface area contributed by atoms with Crippen LogP contribution in [0.3, 0.4) is 0 Å². The van der Waals surface area contributed by atoms with E-state index in [4.69, 9.17) is 16.3 Å². The number of rotatable bonds is 7. The average Bonchev–Trinajstić information content (AvgIpc) is 2.52. The number of urea groups is 1. The monoisotopic (exact) mass is 340 g/mol. The van der Waals surface area contributed by atoms with Crippen molar-refractivity contribution in [3.05, 3.63) is 28.8 Å². The summed E-state index contributed by atoms with van der Waals surface area (Å²) in [6, 6.07) is 3.98. The van der Waals surface area contributed by atoms with E-state index in [0.717, 1.165) is 6.42 Å². The number of hydrogen-bond acceptors (Lipinski definition) is 4. The summed E-state index contributed by atoms with van der Waals surface area (Å²) in [7, 11) is 0. The molecule has 0 aliphatic carbocycles. The lowest BCUT2D eigenvalue weighted by Gasteiger charge is -2.13. The first-order valence-electron chi connectivity index (χ1n) is 7.43. The Morgan fingerprint density at radius 1 is 1.26 bits per heavy atom. The summed E-state index contributed by atoms with van der Waals surface area (Å²) in [5.41, 5.74) is 0.317. The Morgan fingerprint density at radius 2 is 1.96 bits per heavy atom. The minimum Gasteiger partial charge on any atom is -0.483 e. The summed E-state index contributed by atoms with van der Waals surface area (Å²) in [6.45, 7) is 5.10. The van der Waals surface area contributed by atoms with E-state index < -0.39 is 11.9 Å². The molecule has 0 heterocycles. The van der Waals surface area contributed by atoms with Gasteiger partial charge in [0, 0.05) is 17.5 Å². The maximum atomic E-state index is 11.9. The summed E-state index contributed by atoms with van der Waals surface area (Å²) in [4.78, 5) is 35.1. The normalized spacial score (nSPS) is 11.5. The third kappa shape index (κ3) is 6.28. The number of imide groups is 1. The standard InChI is InChI=1S/C16H21ClN2O4/c1-4-10(3)18-16(22)19-15(21)9-23-14-7-6-11(17)8-12(14)13(20)5-2/h6-8,10H,4-5,9H2,1-3H3,(H2,18,19,21,22)/t10-/m0/s1. The molecule has 0 saturated carbocycles. The summed E-state index contributed by atoms with van der Waals surface area (Å²) in [6.07, 6.45) is 1.05. The third-order valence-corrected chi connectivity index (χ3v) is 3.40. The molecule has 1 atom stereocenters. The van der Waals surface area contributed by atoms with Crippen molar-refractivity contribution >= 4 is 29.3 Å². The Balaban J connectivity index is 2.63. The second kappa shape index (κ2) is 9.15. The predicted octanol–water partition coefficient (Wildman–Crippen LogP) is 2.94. The van der Waals surface area contributed by atoms with Crippen LogP contribution in [-0.4, -0.2) is 30.4 Å². The van der Waals surface area contributed by atoms with Crippen LogP contribution in [0.15, 0.2) is 18.2 Å². The van der Waals surface area contributed by atoms with E-state index in [0.29, 0.717) is 17.0 Å². The molecule has 0 saturated heterocycles. The minimum absolute atomic E-state index is 0.0336. The van der Waals surface area contributed by atoms with Gasteiger partial charge < -0.3 is 10.1 Å². The molecule has 0 bridgehead atoms. The van der Waals surface area contributed by atoms with Gasteiger partial charge in [0.2, 0.25) is 0 Å². The molecule has 0 aliphatic rings. The highest BCUT2D eigenvalue weighted by Crippen LogP contribution is 2.24. The molecule has 0 spiro atoms. The molecule has 1 aromatic carbocycles. The van der Waals surface area contributed by atoms with E-state index in [9.17, 15) is 14.4 Å². The van der Waals surface area contributed by atoms with Crippen LogP contribution in [0, 0.1) is 0 Å². The van der Waals surface area contributed by atoms with Gasteiger partial charge in [-0.25, -0.2) is 4.79 Å². The highest BCUT2D eigenvalue weighted by molar-refractivity contribution is 6.31. The number of carbonyl (C=O) groups is 3. The van der Waals surface area contributed by atoms with E-state index in [1.165, 1.54) is 12.1 Å². The average molecular weight is 341 g/mol. The summed E-state index contributed by atoms with van der Waals surface area (Å²) in [5.74, 6) is -0.480. The smallest absolute Gasteiger partial charge is 0.321 e. The fraction of sp³-hybridized carbons (Fsp3) is 0.438. The summed E-state index contributed by atoms with van der Waals surface area (Å²) < 4.78 is 5.34. The number of halogens is 1. The first kappa shape index (κ1) is 19.0. The van der Waals surface area contributed by atoms with Crippen LogP contribution in [0.1, 0.15) is 44.0 Å². The second-order valence-electron chi connectivity index (χ2n) is 5.04. The first-order chi connectivity index (χ1) is 10.9. The van der Waals surface area contributed by atoms with E-state index >= 15 is 0 Å². The number of amides is 3. The molecule has 6 nitrogen and oxygen atoms in total. The maximum Gasteiger partial charge on any atom is 0.321 e. The van der Waals surface area contributed by atoms with Gasteiger partial charge in [-0.1, -0.05) is 25.4 Å². The summed E-state index contributed by atoms with van der Waals surface area (Å²) in [5, 5.41) is 5.18. The van der Waals surface area contributed by atoms with Crippen molar-refractivity contribution in [2.24, 2.45) is 0 Å². The van der Waals surface area contributed by atoms with Crippen LogP contribution < -0.4 is 15.4 Å². The first-order valence-corrected chi connectivity index (χ1v) is 7.81. The molecule has 3 amide bonds. The number of benzene rings is 1. The molecule has 0 radical (unpaired) electrons. The second-order valence-corrected chi connectivity index (χ2v) is 5.47. The Bertz CT molecular complexity index is 589. The Kier molecular flexibility index (Phi) is 7.54. The van der Waals surface area contributed by atoms with Gasteiger partial charge in [0.15, 0.2) is 12.4 Å². The molecule has 1 aromatic rings. The van der Waals surface area contributed by atoms with Crippen molar-refractivity contribution in [2.75, 3.05) is 6.61 Å². The number of carbonyl (C=O) groups excluding carboxylic acids is 3. The number of Topliss-reactive ketones (excluding diaryl/α,β-unsaturated/α-hetero) is 1. The zero-order valence-electron chi connectivity index (χ0n) is 13.4. The van der Waals surface area contributed by atoms with Crippen molar-refractivity contribution in [1.82, 2.24) is 10.6 Å². The third-order valence-electron chi connectivity index (χ3n) is 3.16. The number of nitrogens with one attached hydrogen (secondary N) is 2. The fourth-order valence-electron chi connectivity index (χ4n) is 1.70. The van der Waals surface area contributed by atoms with Gasteiger partial charge in [-0.05, 0) is 31.5 Å². The summed E-state index contributed by atoms with van der Waals surface area (Å²) >= 11 is 5.87. The zero-order valence-corrected chi connectivity index (χ0v) is 14.2. The molecule has 0 aromatic heterocycles. The Morgan fingerprint density at radius 3 is 2.57 bits per heavy atom. The lowest BCUT2D eigenvalue weighted by Crippen LogP contribution is -2.44. The van der Waals surface area contributed by atoms with Gasteiger partial charge in [-0.3, -0.25) is 14.9 Å². The van der Waals surface area contributed by atoms with Crippen LogP contribution in [0.2, 0.25) is 5.02 Å². The maximum absolute atomic E-state index is 11.9. The molecular formula is C16H21ClN2O4. The van der Waals surface area contributed by atoms with Gasteiger partial charge in [0.25, 0.3) is 5.91 Å². The van der Waals surface area contributed by atoms with E-state index in [2.05, 4.69) is 10.6 Å². The van der Waals surface area contributed by atoms with Gasteiger partial charge >= 0.3 is 6.03 Å². The molecule has 0 unspecified atom stereocenters. The number of ether oxygens (including phenoxy) is 1. The quantitative estimate of drug-likeness (QED) is 0.747. The van der Waals surface area contributed by atoms with Crippen LogP contribution >= 0.6 is 11.6 Å². The van der Waals surface area contributed by atoms with Crippen LogP contribution in [0.25, 0.3) is 0 Å². The van der Waals surface area contributed by atoms with Gasteiger partial charge in [-0.2, -0.15) is 0 Å². The van der Waals surface area contributed by atoms with Gasteiger partial charge in [0.05, 0.1) is 5.56 Å².